The predicted molar refractivity (Wildman–Crippen MR) is 130 cm³/mol. The maximum absolute atomic E-state index is 13.2. The number of hydrogen-bond donors (Lipinski definition) is 2. The van der Waals surface area contributed by atoms with E-state index in [0.29, 0.717) is 18.0 Å². The maximum Gasteiger partial charge on any atom is 0.309 e. The number of ether oxygens (including phenoxy) is 2. The van der Waals surface area contributed by atoms with Gasteiger partial charge in [-0.2, -0.15) is 0 Å². The summed E-state index contributed by atoms with van der Waals surface area (Å²) in [6.45, 7) is 10.5. The highest BCUT2D eigenvalue weighted by atomic mass is 35.5. The summed E-state index contributed by atoms with van der Waals surface area (Å²) in [4.78, 5) is 30.2. The predicted octanol–water partition coefficient (Wildman–Crippen LogP) is 4.19. The number of nitrogens with zero attached hydrogens (tertiary/aromatic N) is 1. The molecule has 196 valence electrons. The molecule has 0 amide bonds. The zero-order chi connectivity index (χ0) is 26.1. The number of aliphatic hydroxyl groups is 2. The van der Waals surface area contributed by atoms with E-state index >= 15 is 0 Å². The molecule has 2 saturated heterocycles. The number of Topliss-reactive ketones (excluding diaryl/α,β-unsaturated/α-hetero) is 1. The van der Waals surface area contributed by atoms with Crippen molar-refractivity contribution in [3.05, 3.63) is 22.9 Å². The van der Waals surface area contributed by atoms with Crippen molar-refractivity contribution < 1.29 is 33.7 Å². The summed E-state index contributed by atoms with van der Waals surface area (Å²) >= 11 is 6.57. The average molecular weight is 512 g/mol. The van der Waals surface area contributed by atoms with E-state index < -0.39 is 35.6 Å². The second kappa shape index (κ2) is 10.7. The van der Waals surface area contributed by atoms with E-state index in [1.807, 2.05) is 13.8 Å². The number of ketones is 1. The minimum absolute atomic E-state index is 0.100. The third-order valence-corrected chi connectivity index (χ3v) is 7.99. The van der Waals surface area contributed by atoms with Crippen LogP contribution < -0.4 is 0 Å². The van der Waals surface area contributed by atoms with Crippen molar-refractivity contribution in [2.75, 3.05) is 0 Å². The van der Waals surface area contributed by atoms with Gasteiger partial charge in [-0.1, -0.05) is 45.7 Å². The molecule has 2 aliphatic rings. The molecule has 0 bridgehead atoms. The molecular formula is C26H38ClNO7. The molecule has 2 aliphatic heterocycles. The molecule has 0 saturated carbocycles. The molecule has 0 radical (unpaired) electrons. The van der Waals surface area contributed by atoms with Crippen LogP contribution in [0.15, 0.2) is 15.7 Å². The second-order valence-electron chi connectivity index (χ2n) is 10.9. The van der Waals surface area contributed by atoms with Crippen molar-refractivity contribution >= 4 is 29.4 Å². The van der Waals surface area contributed by atoms with Crippen LogP contribution in [0, 0.1) is 24.2 Å². The Morgan fingerprint density at radius 2 is 1.91 bits per heavy atom. The summed E-state index contributed by atoms with van der Waals surface area (Å²) in [5, 5.41) is 21.9. The zero-order valence-corrected chi connectivity index (χ0v) is 22.2. The SMILES string of the molecule is Cc1nc(C=C(Cl)C2CC3OC3(C)CCCC(C)C(O)C(C)C(=O)C(C)(C)C(O)CC(=O)O2)co1. The van der Waals surface area contributed by atoms with Crippen LogP contribution in [0.5, 0.6) is 0 Å². The zero-order valence-electron chi connectivity index (χ0n) is 21.4. The minimum atomic E-state index is -1.29. The van der Waals surface area contributed by atoms with Gasteiger partial charge >= 0.3 is 5.97 Å². The number of halogens is 1. The fourth-order valence-electron chi connectivity index (χ4n) is 4.86. The monoisotopic (exact) mass is 511 g/mol. The van der Waals surface area contributed by atoms with Gasteiger partial charge in [-0.05, 0) is 31.8 Å². The third kappa shape index (κ3) is 6.53. The third-order valence-electron chi connectivity index (χ3n) is 7.64. The van der Waals surface area contributed by atoms with Crippen molar-refractivity contribution in [1.82, 2.24) is 4.98 Å². The van der Waals surface area contributed by atoms with Crippen LogP contribution in [-0.4, -0.2) is 57.0 Å². The Balaban J connectivity index is 1.85. The Morgan fingerprint density at radius 3 is 2.54 bits per heavy atom. The molecule has 35 heavy (non-hydrogen) atoms. The minimum Gasteiger partial charge on any atom is -0.456 e. The molecule has 2 N–H and O–H groups in total. The lowest BCUT2D eigenvalue weighted by Gasteiger charge is -2.34. The molecule has 9 heteroatoms. The summed E-state index contributed by atoms with van der Waals surface area (Å²) in [5.74, 6) is -1.27. The molecule has 2 fully saturated rings. The van der Waals surface area contributed by atoms with Crippen LogP contribution >= 0.6 is 11.6 Å². The van der Waals surface area contributed by atoms with E-state index in [1.165, 1.54) is 6.26 Å². The number of carbonyl (C=O) groups excluding carboxylic acids is 2. The van der Waals surface area contributed by atoms with Gasteiger partial charge in [-0.3, -0.25) is 9.59 Å². The number of aryl methyl sites for hydroxylation is 1. The topological polar surface area (TPSA) is 122 Å². The summed E-state index contributed by atoms with van der Waals surface area (Å²) < 4.78 is 16.9. The van der Waals surface area contributed by atoms with E-state index in [4.69, 9.17) is 25.5 Å². The summed E-state index contributed by atoms with van der Waals surface area (Å²) in [7, 11) is 0. The Bertz CT molecular complexity index is 957. The molecule has 3 rings (SSSR count). The normalized spacial score (nSPS) is 37.5. The molecule has 7 unspecified atom stereocenters. The number of hydrogen-bond acceptors (Lipinski definition) is 8. The fourth-order valence-corrected chi connectivity index (χ4v) is 5.11. The number of aliphatic hydroxyl groups excluding tert-OH is 2. The molecule has 3 heterocycles. The molecule has 8 nitrogen and oxygen atoms in total. The average Bonchev–Trinajstić information content (AvgIpc) is 3.22. The smallest absolute Gasteiger partial charge is 0.309 e. The Labute approximate surface area is 212 Å². The highest BCUT2D eigenvalue weighted by Gasteiger charge is 2.53. The number of rotatable bonds is 2. The number of oxazole rings is 1. The first kappa shape index (κ1) is 27.8. The highest BCUT2D eigenvalue weighted by Crippen LogP contribution is 2.45. The molecule has 1 aromatic rings. The van der Waals surface area contributed by atoms with Gasteiger partial charge in [-0.15, -0.1) is 0 Å². The fraction of sp³-hybridized carbons (Fsp3) is 0.731. The lowest BCUT2D eigenvalue weighted by molar-refractivity contribution is -0.154. The quantitative estimate of drug-likeness (QED) is 0.447. The Kier molecular flexibility index (Phi) is 8.52. The van der Waals surface area contributed by atoms with E-state index in [1.54, 1.807) is 33.8 Å². The number of carbonyl (C=O) groups is 2. The van der Waals surface area contributed by atoms with E-state index in [9.17, 15) is 19.8 Å². The first-order valence-electron chi connectivity index (χ1n) is 12.3. The Morgan fingerprint density at radius 1 is 1.23 bits per heavy atom. The second-order valence-corrected chi connectivity index (χ2v) is 11.3. The first-order chi connectivity index (χ1) is 16.2. The number of aromatic nitrogens is 1. The van der Waals surface area contributed by atoms with E-state index in [-0.39, 0.29) is 34.9 Å². The van der Waals surface area contributed by atoms with Gasteiger partial charge in [0.25, 0.3) is 0 Å². The lowest BCUT2D eigenvalue weighted by Crippen LogP contribution is -2.45. The van der Waals surface area contributed by atoms with Crippen LogP contribution in [0.2, 0.25) is 0 Å². The summed E-state index contributed by atoms with van der Waals surface area (Å²) in [6.07, 6.45) is 2.24. The van der Waals surface area contributed by atoms with Crippen LogP contribution in [0.1, 0.15) is 78.3 Å². The summed E-state index contributed by atoms with van der Waals surface area (Å²) in [6, 6.07) is 0. The highest BCUT2D eigenvalue weighted by molar-refractivity contribution is 6.32. The number of fused-ring (bicyclic) bond motifs is 1. The number of cyclic esters (lactones) is 1. The van der Waals surface area contributed by atoms with Crippen molar-refractivity contribution in [2.24, 2.45) is 17.3 Å². The van der Waals surface area contributed by atoms with Gasteiger partial charge in [-0.25, -0.2) is 4.98 Å². The van der Waals surface area contributed by atoms with Crippen molar-refractivity contribution in [3.63, 3.8) is 0 Å². The van der Waals surface area contributed by atoms with Crippen molar-refractivity contribution in [3.8, 4) is 0 Å². The largest absolute Gasteiger partial charge is 0.456 e. The van der Waals surface area contributed by atoms with Crippen molar-refractivity contribution in [1.29, 1.82) is 0 Å². The van der Waals surface area contributed by atoms with Gasteiger partial charge in [0, 0.05) is 19.3 Å². The molecule has 0 aliphatic carbocycles. The van der Waals surface area contributed by atoms with E-state index in [2.05, 4.69) is 4.98 Å². The van der Waals surface area contributed by atoms with Crippen molar-refractivity contribution in [2.45, 2.75) is 104 Å². The van der Waals surface area contributed by atoms with E-state index in [0.717, 1.165) is 19.3 Å². The molecule has 0 aromatic carbocycles. The van der Waals surface area contributed by atoms with Crippen LogP contribution in [0.4, 0.5) is 0 Å². The lowest BCUT2D eigenvalue weighted by atomic mass is 9.73. The van der Waals surface area contributed by atoms with Crippen LogP contribution in [-0.2, 0) is 19.1 Å². The summed E-state index contributed by atoms with van der Waals surface area (Å²) in [5.41, 5.74) is -1.12. The van der Waals surface area contributed by atoms with Gasteiger partial charge in [0.05, 0.1) is 40.8 Å². The van der Waals surface area contributed by atoms with Gasteiger partial charge in [0.2, 0.25) is 0 Å². The molecule has 7 atom stereocenters. The van der Waals surface area contributed by atoms with Gasteiger partial charge < -0.3 is 24.1 Å². The number of esters is 1. The van der Waals surface area contributed by atoms with Gasteiger partial charge in [0.15, 0.2) is 5.89 Å². The standard InChI is InChI=1S/C26H38ClNO7/c1-14-8-7-9-26(6)21(35-26)11-19(18(27)10-17-13-33-16(3)28-17)34-22(30)12-20(29)25(4,5)24(32)15(2)23(14)31/h10,13-15,19-21,23,29,31H,7-9,11-12H2,1-6H3. The first-order valence-corrected chi connectivity index (χ1v) is 12.7. The van der Waals surface area contributed by atoms with Crippen LogP contribution in [0.3, 0.4) is 0 Å². The number of epoxide rings is 1. The molecular weight excluding hydrogens is 474 g/mol. The maximum atomic E-state index is 13.2. The van der Waals surface area contributed by atoms with Crippen LogP contribution in [0.25, 0.3) is 6.08 Å². The molecule has 1 aromatic heterocycles. The van der Waals surface area contributed by atoms with Gasteiger partial charge in [0.1, 0.15) is 23.8 Å². The Hall–Kier alpha value is -1.74. The molecule has 0 spiro atoms.